The van der Waals surface area contributed by atoms with E-state index in [4.69, 9.17) is 8.83 Å². The number of aryl methyl sites for hydroxylation is 1. The third-order valence-corrected chi connectivity index (χ3v) is 13.6. The van der Waals surface area contributed by atoms with Crippen LogP contribution in [0.1, 0.15) is 54.0 Å². The van der Waals surface area contributed by atoms with Gasteiger partial charge in [0.25, 0.3) is 0 Å². The van der Waals surface area contributed by atoms with Gasteiger partial charge in [-0.25, -0.2) is 0 Å². The van der Waals surface area contributed by atoms with E-state index in [0.29, 0.717) is 0 Å². The van der Waals surface area contributed by atoms with Crippen LogP contribution in [0.4, 0.5) is 0 Å². The average molecular weight is 797 g/mol. The molecule has 1 atom stereocenters. The van der Waals surface area contributed by atoms with Gasteiger partial charge in [-0.1, -0.05) is 190 Å². The van der Waals surface area contributed by atoms with Crippen molar-refractivity contribution in [1.29, 1.82) is 0 Å². The van der Waals surface area contributed by atoms with Crippen LogP contribution in [0.2, 0.25) is 0 Å². The first kappa shape index (κ1) is 36.4. The van der Waals surface area contributed by atoms with Gasteiger partial charge in [0.2, 0.25) is 0 Å². The topological polar surface area (TPSA) is 26.3 Å². The van der Waals surface area contributed by atoms with Crippen LogP contribution in [0, 0.1) is 0 Å². The number of rotatable bonds is 8. The molecular formula is C60H44O2. The van der Waals surface area contributed by atoms with Crippen molar-refractivity contribution in [2.45, 2.75) is 38.0 Å². The second-order valence-electron chi connectivity index (χ2n) is 17.6. The Balaban J connectivity index is 0.834. The summed E-state index contributed by atoms with van der Waals surface area (Å²) < 4.78 is 12.5. The van der Waals surface area contributed by atoms with E-state index in [2.05, 4.69) is 196 Å². The first-order chi connectivity index (χ1) is 30.5. The predicted molar refractivity (Wildman–Crippen MR) is 258 cm³/mol. The van der Waals surface area contributed by atoms with Crippen LogP contribution in [0.15, 0.2) is 209 Å². The molecule has 0 saturated carbocycles. The van der Waals surface area contributed by atoms with Crippen molar-refractivity contribution in [2.75, 3.05) is 0 Å². The Morgan fingerprint density at radius 3 is 1.71 bits per heavy atom. The molecule has 0 amide bonds. The molecule has 62 heavy (non-hydrogen) atoms. The van der Waals surface area contributed by atoms with Gasteiger partial charge in [-0.15, -0.1) is 0 Å². The lowest BCUT2D eigenvalue weighted by Crippen LogP contribution is -2.15. The smallest absolute Gasteiger partial charge is 0.143 e. The second-order valence-corrected chi connectivity index (χ2v) is 17.6. The Morgan fingerprint density at radius 1 is 0.387 bits per heavy atom. The summed E-state index contributed by atoms with van der Waals surface area (Å²) in [5.74, 6) is 0.224. The third kappa shape index (κ3) is 6.01. The Kier molecular flexibility index (Phi) is 8.44. The van der Waals surface area contributed by atoms with Crippen molar-refractivity contribution in [3.8, 4) is 44.5 Å². The zero-order chi connectivity index (χ0) is 41.4. The van der Waals surface area contributed by atoms with Gasteiger partial charge in [0.1, 0.15) is 22.3 Å². The molecule has 1 aliphatic carbocycles. The molecule has 9 aromatic carbocycles. The van der Waals surface area contributed by atoms with Gasteiger partial charge >= 0.3 is 0 Å². The minimum absolute atomic E-state index is 0.0576. The van der Waals surface area contributed by atoms with E-state index >= 15 is 0 Å². The van der Waals surface area contributed by atoms with E-state index < -0.39 is 0 Å². The highest BCUT2D eigenvalue weighted by Crippen LogP contribution is 2.50. The van der Waals surface area contributed by atoms with Crippen molar-refractivity contribution in [1.82, 2.24) is 0 Å². The first-order valence-corrected chi connectivity index (χ1v) is 21.8. The summed E-state index contributed by atoms with van der Waals surface area (Å²) in [4.78, 5) is 0. The molecule has 0 spiro atoms. The summed E-state index contributed by atoms with van der Waals surface area (Å²) in [5.41, 5.74) is 20.4. The van der Waals surface area contributed by atoms with Crippen LogP contribution in [-0.2, 0) is 11.8 Å². The standard InChI is InChI=1S/C60H44O2/c1-60(2)54-15-6-3-10-48(54)49-34-31-45(37-55(49)60)46(42-27-29-43(30-28-42)47-13-9-14-52-50-11-4-8-17-57(50)62-59(47)52)33-20-38-18-21-39(22-19-38)40-23-25-41(26-24-40)44-32-35-58-53(36-44)51-12-5-7-16-56(51)61-58/h3-19,21-32,34-37,46H,20,33H2,1-2H3. The molecular weight excluding hydrogens is 753 g/mol. The minimum Gasteiger partial charge on any atom is -0.456 e. The largest absolute Gasteiger partial charge is 0.456 e. The summed E-state index contributed by atoms with van der Waals surface area (Å²) in [6.45, 7) is 4.75. The lowest BCUT2D eigenvalue weighted by Gasteiger charge is -2.24. The number of fused-ring (bicyclic) bond motifs is 9. The summed E-state index contributed by atoms with van der Waals surface area (Å²) in [6, 6.07) is 73.1. The zero-order valence-corrected chi connectivity index (χ0v) is 34.9. The molecule has 0 aliphatic heterocycles. The van der Waals surface area contributed by atoms with Crippen molar-refractivity contribution in [2.24, 2.45) is 0 Å². The maximum Gasteiger partial charge on any atom is 0.143 e. The average Bonchev–Trinajstić information content (AvgIpc) is 3.97. The molecule has 1 aliphatic rings. The van der Waals surface area contributed by atoms with E-state index in [-0.39, 0.29) is 11.3 Å². The second kappa shape index (κ2) is 14.4. The lowest BCUT2D eigenvalue weighted by atomic mass is 9.79. The SMILES string of the molecule is CC1(C)c2ccccc2-c2ccc(C(CCc3ccc(-c4ccc(-c5ccc6oc7ccccc7c6c5)cc4)cc3)c3ccc(-c4cccc5c4oc4ccccc45)cc3)cc21. The quantitative estimate of drug-likeness (QED) is 0.153. The van der Waals surface area contributed by atoms with Crippen molar-refractivity contribution in [3.05, 3.63) is 228 Å². The number of benzene rings is 9. The van der Waals surface area contributed by atoms with E-state index in [1.807, 2.05) is 18.2 Å². The number of hydrogen-bond acceptors (Lipinski definition) is 2. The highest BCUT2D eigenvalue weighted by atomic mass is 16.3. The molecule has 2 aromatic heterocycles. The number of hydrogen-bond donors (Lipinski definition) is 0. The third-order valence-electron chi connectivity index (χ3n) is 13.6. The Labute approximate surface area is 361 Å². The van der Waals surface area contributed by atoms with Crippen molar-refractivity contribution >= 4 is 43.9 Å². The van der Waals surface area contributed by atoms with Crippen LogP contribution in [0.25, 0.3) is 88.4 Å². The van der Waals surface area contributed by atoms with Gasteiger partial charge in [0.05, 0.1) is 0 Å². The molecule has 0 saturated heterocycles. The highest BCUT2D eigenvalue weighted by Gasteiger charge is 2.35. The Morgan fingerprint density at radius 2 is 0.935 bits per heavy atom. The van der Waals surface area contributed by atoms with Crippen LogP contribution < -0.4 is 0 Å². The molecule has 0 bridgehead atoms. The van der Waals surface area contributed by atoms with Crippen molar-refractivity contribution < 1.29 is 8.83 Å². The van der Waals surface area contributed by atoms with E-state index in [1.165, 1.54) is 66.8 Å². The summed E-state index contributed by atoms with van der Waals surface area (Å²) >= 11 is 0. The molecule has 2 heterocycles. The van der Waals surface area contributed by atoms with E-state index in [9.17, 15) is 0 Å². The predicted octanol–water partition coefficient (Wildman–Crippen LogP) is 16.6. The molecule has 0 N–H and O–H groups in total. The molecule has 11 aromatic rings. The van der Waals surface area contributed by atoms with Gasteiger partial charge in [0, 0.05) is 38.4 Å². The molecule has 12 rings (SSSR count). The van der Waals surface area contributed by atoms with Crippen LogP contribution in [0.5, 0.6) is 0 Å². The van der Waals surface area contributed by atoms with Gasteiger partial charge < -0.3 is 8.83 Å². The maximum atomic E-state index is 6.44. The monoisotopic (exact) mass is 796 g/mol. The highest BCUT2D eigenvalue weighted by molar-refractivity contribution is 6.09. The van der Waals surface area contributed by atoms with E-state index in [0.717, 1.165) is 62.3 Å². The van der Waals surface area contributed by atoms with Gasteiger partial charge in [-0.05, 0) is 104 Å². The van der Waals surface area contributed by atoms with Gasteiger partial charge in [-0.2, -0.15) is 0 Å². The van der Waals surface area contributed by atoms with Gasteiger partial charge in [0.15, 0.2) is 0 Å². The molecule has 2 heteroatoms. The normalized spacial score (nSPS) is 13.5. The lowest BCUT2D eigenvalue weighted by molar-refractivity contribution is 0.654. The van der Waals surface area contributed by atoms with Crippen LogP contribution in [0.3, 0.4) is 0 Å². The summed E-state index contributed by atoms with van der Waals surface area (Å²) in [7, 11) is 0. The Hall–Kier alpha value is -7.42. The van der Waals surface area contributed by atoms with Crippen molar-refractivity contribution in [3.63, 3.8) is 0 Å². The van der Waals surface area contributed by atoms with Crippen LogP contribution in [-0.4, -0.2) is 0 Å². The fourth-order valence-electron chi connectivity index (χ4n) is 10.3. The number of para-hydroxylation sites is 3. The van der Waals surface area contributed by atoms with Gasteiger partial charge in [-0.3, -0.25) is 0 Å². The maximum absolute atomic E-state index is 6.44. The molecule has 0 radical (unpaired) electrons. The number of furan rings is 2. The first-order valence-electron chi connectivity index (χ1n) is 21.8. The van der Waals surface area contributed by atoms with Crippen LogP contribution >= 0.6 is 0 Å². The van der Waals surface area contributed by atoms with E-state index in [1.54, 1.807) is 0 Å². The molecule has 2 nitrogen and oxygen atoms in total. The summed E-state index contributed by atoms with van der Waals surface area (Å²) in [6.07, 6.45) is 1.96. The summed E-state index contributed by atoms with van der Waals surface area (Å²) in [5, 5.41) is 4.62. The Bertz CT molecular complexity index is 3470. The molecule has 296 valence electrons. The molecule has 1 unspecified atom stereocenters. The molecule has 0 fully saturated rings. The minimum atomic E-state index is -0.0576. The fourth-order valence-corrected chi connectivity index (χ4v) is 10.3. The zero-order valence-electron chi connectivity index (χ0n) is 34.9. The fraction of sp³-hybridized carbons (Fsp3) is 0.100.